The fourth-order valence-electron chi connectivity index (χ4n) is 2.47. The van der Waals surface area contributed by atoms with Crippen molar-refractivity contribution in [3.8, 4) is 5.75 Å². The lowest BCUT2D eigenvalue weighted by molar-refractivity contribution is -0.126. The fourth-order valence-corrected chi connectivity index (χ4v) is 2.47. The first-order valence-corrected chi connectivity index (χ1v) is 6.80. The molecular weight excluding hydrogens is 240 g/mol. The molecule has 2 N–H and O–H groups in total. The number of rotatable bonds is 4. The van der Waals surface area contributed by atoms with E-state index >= 15 is 0 Å². The average Bonchev–Trinajstić information content (AvgIpc) is 2.45. The Bertz CT molecular complexity index is 434. The SMILES string of the molecule is COc1cccc(CNC(=O)C2CNCC(C)C2)c1. The molecule has 0 bridgehead atoms. The fraction of sp³-hybridized carbons (Fsp3) is 0.533. The number of hydrogen-bond acceptors (Lipinski definition) is 3. The molecule has 1 heterocycles. The Labute approximate surface area is 114 Å². The number of piperidine rings is 1. The van der Waals surface area contributed by atoms with Crippen LogP contribution in [0.15, 0.2) is 24.3 Å². The second-order valence-electron chi connectivity index (χ2n) is 5.27. The molecule has 1 aromatic carbocycles. The predicted octanol–water partition coefficient (Wildman–Crippen LogP) is 1.56. The number of nitrogens with one attached hydrogen (secondary N) is 2. The lowest BCUT2D eigenvalue weighted by Crippen LogP contribution is -2.43. The zero-order valence-electron chi connectivity index (χ0n) is 11.6. The Hall–Kier alpha value is -1.55. The van der Waals surface area contributed by atoms with Gasteiger partial charge in [-0.05, 0) is 36.6 Å². The first kappa shape index (κ1) is 13.9. The van der Waals surface area contributed by atoms with E-state index in [9.17, 15) is 4.79 Å². The molecule has 1 fully saturated rings. The van der Waals surface area contributed by atoms with Gasteiger partial charge in [-0.2, -0.15) is 0 Å². The van der Waals surface area contributed by atoms with Crippen molar-refractivity contribution in [3.05, 3.63) is 29.8 Å². The van der Waals surface area contributed by atoms with E-state index in [2.05, 4.69) is 17.6 Å². The molecule has 0 aromatic heterocycles. The molecule has 0 aliphatic carbocycles. The van der Waals surface area contributed by atoms with Gasteiger partial charge in [-0.1, -0.05) is 19.1 Å². The third-order valence-corrected chi connectivity index (χ3v) is 3.54. The number of amides is 1. The summed E-state index contributed by atoms with van der Waals surface area (Å²) < 4.78 is 5.17. The lowest BCUT2D eigenvalue weighted by atomic mass is 9.91. The highest BCUT2D eigenvalue weighted by atomic mass is 16.5. The summed E-state index contributed by atoms with van der Waals surface area (Å²) >= 11 is 0. The van der Waals surface area contributed by atoms with Crippen LogP contribution >= 0.6 is 0 Å². The minimum absolute atomic E-state index is 0.0920. The quantitative estimate of drug-likeness (QED) is 0.865. The third-order valence-electron chi connectivity index (χ3n) is 3.54. The van der Waals surface area contributed by atoms with Crippen molar-refractivity contribution in [2.24, 2.45) is 11.8 Å². The van der Waals surface area contributed by atoms with Crippen LogP contribution in [0.4, 0.5) is 0 Å². The van der Waals surface area contributed by atoms with Gasteiger partial charge in [0.2, 0.25) is 5.91 Å². The summed E-state index contributed by atoms with van der Waals surface area (Å²) in [6.07, 6.45) is 0.969. The molecule has 104 valence electrons. The summed E-state index contributed by atoms with van der Waals surface area (Å²) in [4.78, 5) is 12.1. The normalized spacial score (nSPS) is 22.8. The first-order chi connectivity index (χ1) is 9.19. The summed E-state index contributed by atoms with van der Waals surface area (Å²) in [6.45, 7) is 4.53. The van der Waals surface area contributed by atoms with Crippen molar-refractivity contribution in [1.29, 1.82) is 0 Å². The van der Waals surface area contributed by atoms with Gasteiger partial charge < -0.3 is 15.4 Å². The van der Waals surface area contributed by atoms with Gasteiger partial charge in [0.15, 0.2) is 0 Å². The Morgan fingerprint density at radius 1 is 1.47 bits per heavy atom. The predicted molar refractivity (Wildman–Crippen MR) is 75.0 cm³/mol. The Morgan fingerprint density at radius 2 is 2.32 bits per heavy atom. The molecule has 0 spiro atoms. The van der Waals surface area contributed by atoms with E-state index in [0.29, 0.717) is 12.5 Å². The van der Waals surface area contributed by atoms with Crippen molar-refractivity contribution in [3.63, 3.8) is 0 Å². The van der Waals surface area contributed by atoms with E-state index in [-0.39, 0.29) is 11.8 Å². The van der Waals surface area contributed by atoms with Crippen molar-refractivity contribution in [2.75, 3.05) is 20.2 Å². The molecule has 4 heteroatoms. The molecule has 1 saturated heterocycles. The first-order valence-electron chi connectivity index (χ1n) is 6.80. The van der Waals surface area contributed by atoms with Gasteiger partial charge in [0, 0.05) is 13.1 Å². The van der Waals surface area contributed by atoms with E-state index in [4.69, 9.17) is 4.74 Å². The van der Waals surface area contributed by atoms with Gasteiger partial charge in [-0.15, -0.1) is 0 Å². The van der Waals surface area contributed by atoms with Crippen LogP contribution in [0.1, 0.15) is 18.9 Å². The number of carbonyl (C=O) groups excluding carboxylic acids is 1. The second kappa shape index (κ2) is 6.57. The highest BCUT2D eigenvalue weighted by Crippen LogP contribution is 2.16. The zero-order chi connectivity index (χ0) is 13.7. The van der Waals surface area contributed by atoms with Gasteiger partial charge >= 0.3 is 0 Å². The topological polar surface area (TPSA) is 50.4 Å². The molecule has 4 nitrogen and oxygen atoms in total. The van der Waals surface area contributed by atoms with E-state index in [0.717, 1.165) is 30.8 Å². The second-order valence-corrected chi connectivity index (χ2v) is 5.27. The summed E-state index contributed by atoms with van der Waals surface area (Å²) in [5.41, 5.74) is 1.06. The molecule has 2 rings (SSSR count). The van der Waals surface area contributed by atoms with Crippen LogP contribution in [0.2, 0.25) is 0 Å². The molecule has 1 amide bonds. The van der Waals surface area contributed by atoms with Crippen molar-refractivity contribution < 1.29 is 9.53 Å². The average molecular weight is 262 g/mol. The largest absolute Gasteiger partial charge is 0.497 e. The van der Waals surface area contributed by atoms with E-state index in [1.54, 1.807) is 7.11 Å². The molecule has 2 unspecified atom stereocenters. The minimum Gasteiger partial charge on any atom is -0.497 e. The highest BCUT2D eigenvalue weighted by molar-refractivity contribution is 5.79. The molecule has 0 radical (unpaired) electrons. The summed E-state index contributed by atoms with van der Waals surface area (Å²) in [5.74, 6) is 1.62. The van der Waals surface area contributed by atoms with Crippen molar-refractivity contribution in [1.82, 2.24) is 10.6 Å². The maximum atomic E-state index is 12.1. The maximum absolute atomic E-state index is 12.1. The van der Waals surface area contributed by atoms with Gasteiger partial charge in [-0.3, -0.25) is 4.79 Å². The Kier molecular flexibility index (Phi) is 4.80. The minimum atomic E-state index is 0.0920. The molecule has 19 heavy (non-hydrogen) atoms. The number of hydrogen-bond donors (Lipinski definition) is 2. The van der Waals surface area contributed by atoms with Crippen molar-refractivity contribution in [2.45, 2.75) is 19.9 Å². The zero-order valence-corrected chi connectivity index (χ0v) is 11.6. The van der Waals surface area contributed by atoms with Crippen LogP contribution in [0.5, 0.6) is 5.75 Å². The Morgan fingerprint density at radius 3 is 3.05 bits per heavy atom. The molecule has 2 atom stereocenters. The van der Waals surface area contributed by atoms with Crippen LogP contribution in [-0.2, 0) is 11.3 Å². The summed E-state index contributed by atoms with van der Waals surface area (Å²) in [7, 11) is 1.65. The smallest absolute Gasteiger partial charge is 0.224 e. The van der Waals surface area contributed by atoms with Crippen LogP contribution in [0.25, 0.3) is 0 Å². The molecular formula is C15H22N2O2. The van der Waals surface area contributed by atoms with E-state index < -0.39 is 0 Å². The van der Waals surface area contributed by atoms with Gasteiger partial charge in [0.05, 0.1) is 13.0 Å². The monoisotopic (exact) mass is 262 g/mol. The molecule has 0 saturated carbocycles. The third kappa shape index (κ3) is 3.96. The molecule has 1 aromatic rings. The van der Waals surface area contributed by atoms with Crippen LogP contribution < -0.4 is 15.4 Å². The number of carbonyl (C=O) groups is 1. The van der Waals surface area contributed by atoms with E-state index in [1.807, 2.05) is 24.3 Å². The summed E-state index contributed by atoms with van der Waals surface area (Å²) in [6, 6.07) is 7.77. The summed E-state index contributed by atoms with van der Waals surface area (Å²) in [5, 5.41) is 6.31. The highest BCUT2D eigenvalue weighted by Gasteiger charge is 2.24. The van der Waals surface area contributed by atoms with Gasteiger partial charge in [0.1, 0.15) is 5.75 Å². The van der Waals surface area contributed by atoms with Crippen LogP contribution in [-0.4, -0.2) is 26.1 Å². The van der Waals surface area contributed by atoms with Crippen LogP contribution in [0, 0.1) is 11.8 Å². The molecule has 1 aliphatic heterocycles. The number of ether oxygens (including phenoxy) is 1. The standard InChI is InChI=1S/C15H22N2O2/c1-11-6-13(10-16-8-11)15(18)17-9-12-4-3-5-14(7-12)19-2/h3-5,7,11,13,16H,6,8-10H2,1-2H3,(H,17,18). The van der Waals surface area contributed by atoms with E-state index in [1.165, 1.54) is 0 Å². The van der Waals surface area contributed by atoms with Crippen LogP contribution in [0.3, 0.4) is 0 Å². The maximum Gasteiger partial charge on any atom is 0.224 e. The number of methoxy groups -OCH3 is 1. The van der Waals surface area contributed by atoms with Gasteiger partial charge in [0.25, 0.3) is 0 Å². The molecule has 1 aliphatic rings. The van der Waals surface area contributed by atoms with Gasteiger partial charge in [-0.25, -0.2) is 0 Å². The number of benzene rings is 1. The Balaban J connectivity index is 1.85. The van der Waals surface area contributed by atoms with Crippen molar-refractivity contribution >= 4 is 5.91 Å². The lowest BCUT2D eigenvalue weighted by Gasteiger charge is -2.26.